The topological polar surface area (TPSA) is 6.48 Å². The van der Waals surface area contributed by atoms with Crippen molar-refractivity contribution < 1.29 is 0 Å². The molecule has 300 valence electrons. The Morgan fingerprint density at radius 1 is 0.746 bits per heavy atom. The normalized spacial score (nSPS) is 20.1. The van der Waals surface area contributed by atoms with E-state index in [0.717, 1.165) is 19.3 Å². The first-order valence-electron chi connectivity index (χ1n) is 22.2. The van der Waals surface area contributed by atoms with Crippen molar-refractivity contribution in [3.05, 3.63) is 147 Å². The van der Waals surface area contributed by atoms with Crippen molar-refractivity contribution in [1.82, 2.24) is 0 Å². The van der Waals surface area contributed by atoms with Crippen molar-refractivity contribution in [2.24, 2.45) is 0 Å². The third-order valence-corrected chi connectivity index (χ3v) is 15.8. The number of rotatable bonds is 3. The highest BCUT2D eigenvalue weighted by molar-refractivity contribution is 7.28. The zero-order chi connectivity index (χ0) is 41.4. The number of fused-ring (bicyclic) bond motifs is 7. The summed E-state index contributed by atoms with van der Waals surface area (Å²) in [6, 6.07) is 33.7. The van der Waals surface area contributed by atoms with E-state index in [1.165, 1.54) is 90.5 Å². The Morgan fingerprint density at radius 2 is 1.41 bits per heavy atom. The quantitative estimate of drug-likeness (QED) is 0.168. The average molecular weight is 793 g/mol. The fourth-order valence-corrected chi connectivity index (χ4v) is 12.4. The molecule has 3 heterocycles. The molecule has 4 heteroatoms. The fraction of sp³-hybridized carbons (Fsp3) is 0.382. The van der Waals surface area contributed by atoms with Crippen LogP contribution in [0.25, 0.3) is 17.2 Å². The predicted octanol–water partition coefficient (Wildman–Crippen LogP) is 13.7. The summed E-state index contributed by atoms with van der Waals surface area (Å²) in [5.74, 6) is 0. The Bertz CT molecular complexity index is 2620. The van der Waals surface area contributed by atoms with Gasteiger partial charge in [-0.25, -0.2) is 0 Å². The van der Waals surface area contributed by atoms with Gasteiger partial charge in [0.1, 0.15) is 0 Å². The van der Waals surface area contributed by atoms with E-state index < -0.39 is 0 Å². The van der Waals surface area contributed by atoms with Gasteiger partial charge in [-0.2, -0.15) is 11.3 Å². The molecule has 1 aromatic heterocycles. The van der Waals surface area contributed by atoms with E-state index in [2.05, 4.69) is 200 Å². The maximum absolute atomic E-state index is 2.82. The average Bonchev–Trinajstić information content (AvgIpc) is 3.58. The molecule has 0 saturated heterocycles. The highest BCUT2D eigenvalue weighted by Gasteiger charge is 2.52. The summed E-state index contributed by atoms with van der Waals surface area (Å²) in [7, 11) is 0. The maximum atomic E-state index is 2.82. The number of hydrogen-bond acceptors (Lipinski definition) is 3. The van der Waals surface area contributed by atoms with E-state index in [4.69, 9.17) is 0 Å². The lowest BCUT2D eigenvalue weighted by Crippen LogP contribution is -2.61. The van der Waals surface area contributed by atoms with Crippen molar-refractivity contribution in [3.8, 4) is 11.1 Å². The Kier molecular flexibility index (Phi) is 8.67. The lowest BCUT2D eigenvalue weighted by Gasteiger charge is -2.51. The molecule has 1 unspecified atom stereocenters. The van der Waals surface area contributed by atoms with Gasteiger partial charge >= 0.3 is 0 Å². The smallest absolute Gasteiger partial charge is 0.259 e. The summed E-state index contributed by atoms with van der Waals surface area (Å²) in [6.45, 7) is 26.5. The second-order valence-corrected chi connectivity index (χ2v) is 22.8. The first kappa shape index (κ1) is 38.7. The van der Waals surface area contributed by atoms with E-state index in [1.807, 2.05) is 0 Å². The molecule has 4 aromatic carbocycles. The van der Waals surface area contributed by atoms with Gasteiger partial charge in [0.15, 0.2) is 0 Å². The molecule has 3 aliphatic carbocycles. The molecule has 0 amide bonds. The van der Waals surface area contributed by atoms with Crippen molar-refractivity contribution in [3.63, 3.8) is 0 Å². The maximum Gasteiger partial charge on any atom is 0.259 e. The van der Waals surface area contributed by atoms with Crippen LogP contribution in [-0.2, 0) is 28.1 Å². The van der Waals surface area contributed by atoms with Crippen LogP contribution in [-0.4, -0.2) is 12.8 Å². The first-order chi connectivity index (χ1) is 27.9. The van der Waals surface area contributed by atoms with Gasteiger partial charge in [-0.1, -0.05) is 142 Å². The molecular formula is C55H61BN2S. The van der Waals surface area contributed by atoms with Crippen LogP contribution < -0.4 is 20.0 Å². The molecule has 0 radical (unpaired) electrons. The molecule has 5 aliphatic rings. The zero-order valence-electron chi connectivity index (χ0n) is 37.3. The summed E-state index contributed by atoms with van der Waals surface area (Å²) in [5, 5.41) is 0. The molecule has 59 heavy (non-hydrogen) atoms. The Balaban J connectivity index is 1.32. The molecule has 5 aromatic rings. The second kappa shape index (κ2) is 13.2. The van der Waals surface area contributed by atoms with Gasteiger partial charge < -0.3 is 9.80 Å². The molecule has 1 atom stereocenters. The molecule has 0 bridgehead atoms. The predicted molar refractivity (Wildman–Crippen MR) is 258 cm³/mol. The summed E-state index contributed by atoms with van der Waals surface area (Å²) < 4.78 is 1.53. The lowest BCUT2D eigenvalue weighted by atomic mass is 9.33. The molecule has 10 rings (SSSR count). The van der Waals surface area contributed by atoms with Gasteiger partial charge in [-0.15, -0.1) is 0 Å². The van der Waals surface area contributed by atoms with Crippen molar-refractivity contribution >= 4 is 57.1 Å². The van der Waals surface area contributed by atoms with Crippen LogP contribution in [0.4, 0.5) is 22.7 Å². The number of benzene rings is 4. The van der Waals surface area contributed by atoms with Gasteiger partial charge in [-0.3, -0.25) is 0 Å². The van der Waals surface area contributed by atoms with E-state index in [-0.39, 0.29) is 34.4 Å². The highest BCUT2D eigenvalue weighted by Crippen LogP contribution is 2.54. The van der Waals surface area contributed by atoms with Crippen LogP contribution >= 0.6 is 11.3 Å². The van der Waals surface area contributed by atoms with E-state index in [9.17, 15) is 0 Å². The third-order valence-electron chi connectivity index (χ3n) is 14.5. The van der Waals surface area contributed by atoms with Gasteiger partial charge in [0.2, 0.25) is 0 Å². The highest BCUT2D eigenvalue weighted by atomic mass is 32.1. The summed E-state index contributed by atoms with van der Waals surface area (Å²) in [6.07, 6.45) is 13.0. The summed E-state index contributed by atoms with van der Waals surface area (Å²) in [4.78, 5) is 7.05. The first-order valence-corrected chi connectivity index (χ1v) is 23.1. The Hall–Kier alpha value is -4.54. The fourth-order valence-electron chi connectivity index (χ4n) is 11.0. The molecule has 2 nitrogen and oxygen atoms in total. The number of anilines is 4. The van der Waals surface area contributed by atoms with Crippen molar-refractivity contribution in [2.45, 2.75) is 136 Å². The van der Waals surface area contributed by atoms with Crippen LogP contribution in [0.15, 0.2) is 114 Å². The molecule has 2 aliphatic heterocycles. The van der Waals surface area contributed by atoms with Crippen LogP contribution in [0, 0.1) is 0 Å². The van der Waals surface area contributed by atoms with Crippen LogP contribution in [0.5, 0.6) is 0 Å². The minimum Gasteiger partial charge on any atom is -0.335 e. The number of hydrogen-bond donors (Lipinski definition) is 0. The minimum absolute atomic E-state index is 0.0248. The van der Waals surface area contributed by atoms with Crippen LogP contribution in [0.1, 0.15) is 135 Å². The largest absolute Gasteiger partial charge is 0.335 e. The van der Waals surface area contributed by atoms with Crippen molar-refractivity contribution in [1.29, 1.82) is 0 Å². The zero-order valence-corrected chi connectivity index (χ0v) is 38.1. The van der Waals surface area contributed by atoms with Crippen LogP contribution in [0.3, 0.4) is 0 Å². The van der Waals surface area contributed by atoms with Crippen LogP contribution in [0.2, 0.25) is 0 Å². The number of thiophene rings is 1. The Labute approximate surface area is 358 Å². The van der Waals surface area contributed by atoms with Gasteiger partial charge in [0, 0.05) is 43.5 Å². The van der Waals surface area contributed by atoms with Gasteiger partial charge in [-0.05, 0) is 136 Å². The SMILES string of the molecule is CC1=CC2=C3B(c4cc5c(cc4N(c4ccc(C(C)(C)C)cc4-c4ccccc4)C3C1)C(C)(C)CCC5(C)C)c1sc3c(c1N2c1ccc(C(C)(C)C)cc1)C=CCC3. The van der Waals surface area contributed by atoms with E-state index in [1.54, 1.807) is 15.9 Å². The second-order valence-electron chi connectivity index (χ2n) is 21.7. The van der Waals surface area contributed by atoms with E-state index in [0.29, 0.717) is 0 Å². The monoisotopic (exact) mass is 792 g/mol. The lowest BCUT2D eigenvalue weighted by molar-refractivity contribution is 0.332. The van der Waals surface area contributed by atoms with Crippen molar-refractivity contribution in [2.75, 3.05) is 9.80 Å². The molecule has 0 N–H and O–H groups in total. The molecule has 0 saturated carbocycles. The number of aryl methyl sites for hydroxylation is 1. The van der Waals surface area contributed by atoms with Gasteiger partial charge in [0.25, 0.3) is 6.71 Å². The minimum atomic E-state index is 0.0248. The number of nitrogens with zero attached hydrogens (tertiary/aromatic N) is 2. The summed E-state index contributed by atoms with van der Waals surface area (Å²) >= 11 is 2.10. The third kappa shape index (κ3) is 6.09. The molecular weight excluding hydrogens is 731 g/mol. The standard InChI is InChI=1S/C55H61BN2S/c1-34-29-46-49-47(30-34)58(44-26-23-37(53(5,6)7)31-40(44)35-17-13-12-14-18-35)45-33-42-41(54(8,9)27-28-55(42,10)11)32-43(45)56(49)51-50(39-19-15-16-20-48(39)59-51)57(46)38-24-21-36(22-25-38)52(2,3)4/h12-15,17-19,21-26,29,31-33,47H,16,20,27-28,30H2,1-11H3. The van der Waals surface area contributed by atoms with E-state index >= 15 is 0 Å². The number of allylic oxidation sites excluding steroid dienone is 2. The van der Waals surface area contributed by atoms with Gasteiger partial charge in [0.05, 0.1) is 11.7 Å². The molecule has 0 spiro atoms. The summed E-state index contributed by atoms with van der Waals surface area (Å²) in [5.41, 5.74) is 21.4. The Morgan fingerprint density at radius 3 is 2.08 bits per heavy atom. The molecule has 0 fully saturated rings.